The standard InChI is InChI=1S/C23H25F2N3O4/c1-23(2,3)32-22(29)28-10-11-30-19(13-28)20(15-9-8-14(24)12-17(15)25)31-21-16-6-4-5-7-18(16)26-27-21/h4-9,12,19-20H,10-11,13H2,1-3H3,(H,26,27). The first-order valence-electron chi connectivity index (χ1n) is 10.4. The number of para-hydroxylation sites is 1. The van der Waals surface area contributed by atoms with Crippen LogP contribution < -0.4 is 4.74 Å². The summed E-state index contributed by atoms with van der Waals surface area (Å²) in [7, 11) is 0. The molecule has 1 aliphatic rings. The molecule has 3 aromatic rings. The summed E-state index contributed by atoms with van der Waals surface area (Å²) in [4.78, 5) is 14.1. The normalized spacial score (nSPS) is 17.9. The van der Waals surface area contributed by atoms with Gasteiger partial charge >= 0.3 is 6.09 Å². The average Bonchev–Trinajstić information content (AvgIpc) is 3.14. The minimum absolute atomic E-state index is 0.106. The smallest absolute Gasteiger partial charge is 0.410 e. The molecule has 0 spiro atoms. The van der Waals surface area contributed by atoms with Gasteiger partial charge in [-0.1, -0.05) is 12.1 Å². The van der Waals surface area contributed by atoms with Crippen LogP contribution in [0.25, 0.3) is 10.9 Å². The Morgan fingerprint density at radius 2 is 2.03 bits per heavy atom. The number of amides is 1. The van der Waals surface area contributed by atoms with E-state index in [2.05, 4.69) is 10.2 Å². The summed E-state index contributed by atoms with van der Waals surface area (Å²) < 4.78 is 45.8. The molecular formula is C23H25F2N3O4. The van der Waals surface area contributed by atoms with E-state index in [1.54, 1.807) is 20.8 Å². The second-order valence-electron chi connectivity index (χ2n) is 8.61. The molecule has 7 nitrogen and oxygen atoms in total. The quantitative estimate of drug-likeness (QED) is 0.635. The molecule has 0 saturated carbocycles. The van der Waals surface area contributed by atoms with Crippen molar-refractivity contribution < 1.29 is 27.8 Å². The molecule has 4 rings (SSSR count). The van der Waals surface area contributed by atoms with Gasteiger partial charge in [-0.3, -0.25) is 5.10 Å². The molecule has 170 valence electrons. The number of H-pyrrole nitrogens is 1. The van der Waals surface area contributed by atoms with Crippen LogP contribution in [0.2, 0.25) is 0 Å². The van der Waals surface area contributed by atoms with Crippen molar-refractivity contribution in [3.63, 3.8) is 0 Å². The summed E-state index contributed by atoms with van der Waals surface area (Å²) >= 11 is 0. The topological polar surface area (TPSA) is 76.7 Å². The molecule has 0 aliphatic carbocycles. The fraction of sp³-hybridized carbons (Fsp3) is 0.391. The third-order valence-corrected chi connectivity index (χ3v) is 5.03. The number of rotatable bonds is 4. The van der Waals surface area contributed by atoms with Crippen LogP contribution in [-0.2, 0) is 9.47 Å². The van der Waals surface area contributed by atoms with E-state index >= 15 is 0 Å². The maximum Gasteiger partial charge on any atom is 0.410 e. The number of nitrogens with zero attached hydrogens (tertiary/aromatic N) is 2. The van der Waals surface area contributed by atoms with Crippen LogP contribution in [0.3, 0.4) is 0 Å². The van der Waals surface area contributed by atoms with Gasteiger partial charge in [-0.15, -0.1) is 5.10 Å². The zero-order chi connectivity index (χ0) is 22.9. The van der Waals surface area contributed by atoms with Crippen LogP contribution in [0.5, 0.6) is 5.88 Å². The molecule has 2 aromatic carbocycles. The Morgan fingerprint density at radius 3 is 2.78 bits per heavy atom. The zero-order valence-electron chi connectivity index (χ0n) is 18.1. The van der Waals surface area contributed by atoms with E-state index in [-0.39, 0.29) is 24.6 Å². The number of nitrogens with one attached hydrogen (secondary N) is 1. The highest BCUT2D eigenvalue weighted by Crippen LogP contribution is 2.33. The highest BCUT2D eigenvalue weighted by atomic mass is 19.1. The van der Waals surface area contributed by atoms with Crippen molar-refractivity contribution >= 4 is 17.0 Å². The number of hydrogen-bond donors (Lipinski definition) is 1. The van der Waals surface area contributed by atoms with Crippen LogP contribution in [0.15, 0.2) is 42.5 Å². The maximum atomic E-state index is 14.8. The molecule has 2 atom stereocenters. The van der Waals surface area contributed by atoms with E-state index in [1.807, 2.05) is 24.3 Å². The highest BCUT2D eigenvalue weighted by Gasteiger charge is 2.36. The Labute approximate surface area is 184 Å². The Kier molecular flexibility index (Phi) is 6.01. The van der Waals surface area contributed by atoms with Gasteiger partial charge in [-0.05, 0) is 45.0 Å². The van der Waals surface area contributed by atoms with Crippen molar-refractivity contribution in [2.45, 2.75) is 38.6 Å². The maximum absolute atomic E-state index is 14.8. The van der Waals surface area contributed by atoms with Gasteiger partial charge in [-0.25, -0.2) is 13.6 Å². The molecular weight excluding hydrogens is 420 g/mol. The van der Waals surface area contributed by atoms with Crippen molar-refractivity contribution in [2.75, 3.05) is 19.7 Å². The van der Waals surface area contributed by atoms with Crippen LogP contribution >= 0.6 is 0 Å². The van der Waals surface area contributed by atoms with Crippen molar-refractivity contribution in [1.82, 2.24) is 15.1 Å². The van der Waals surface area contributed by atoms with Gasteiger partial charge in [-0.2, -0.15) is 0 Å². The molecule has 0 radical (unpaired) electrons. The molecule has 1 fully saturated rings. The predicted octanol–water partition coefficient (Wildman–Crippen LogP) is 4.60. The first-order valence-corrected chi connectivity index (χ1v) is 10.4. The Balaban J connectivity index is 1.65. The lowest BCUT2D eigenvalue weighted by atomic mass is 10.0. The molecule has 32 heavy (non-hydrogen) atoms. The Hall–Kier alpha value is -3.20. The van der Waals surface area contributed by atoms with E-state index < -0.39 is 35.5 Å². The minimum Gasteiger partial charge on any atom is -0.465 e. The minimum atomic E-state index is -0.979. The lowest BCUT2D eigenvalue weighted by Gasteiger charge is -2.37. The number of aromatic nitrogens is 2. The third kappa shape index (κ3) is 4.83. The summed E-state index contributed by atoms with van der Waals surface area (Å²) in [6.45, 7) is 6.00. The number of morpholine rings is 1. The van der Waals surface area contributed by atoms with Gasteiger partial charge in [0.1, 0.15) is 23.3 Å². The number of benzene rings is 2. The fourth-order valence-corrected chi connectivity index (χ4v) is 3.57. The second-order valence-corrected chi connectivity index (χ2v) is 8.61. The van der Waals surface area contributed by atoms with Gasteiger partial charge < -0.3 is 19.1 Å². The first-order chi connectivity index (χ1) is 15.2. The monoisotopic (exact) mass is 445 g/mol. The predicted molar refractivity (Wildman–Crippen MR) is 113 cm³/mol. The van der Waals surface area contributed by atoms with Gasteiger partial charge in [0.2, 0.25) is 5.88 Å². The van der Waals surface area contributed by atoms with Gasteiger partial charge in [0.25, 0.3) is 0 Å². The molecule has 2 unspecified atom stereocenters. The molecule has 9 heteroatoms. The van der Waals surface area contributed by atoms with E-state index in [4.69, 9.17) is 14.2 Å². The van der Waals surface area contributed by atoms with Crippen LogP contribution in [-0.4, -0.2) is 52.6 Å². The third-order valence-electron chi connectivity index (χ3n) is 5.03. The lowest BCUT2D eigenvalue weighted by Crippen LogP contribution is -2.50. The summed E-state index contributed by atoms with van der Waals surface area (Å²) in [5.74, 6) is -1.21. The summed E-state index contributed by atoms with van der Waals surface area (Å²) in [5.41, 5.74) is 0.202. The summed E-state index contributed by atoms with van der Waals surface area (Å²) in [5, 5.41) is 7.78. The van der Waals surface area contributed by atoms with Crippen molar-refractivity contribution in [3.05, 3.63) is 59.7 Å². The zero-order valence-corrected chi connectivity index (χ0v) is 18.1. The van der Waals surface area contributed by atoms with E-state index in [9.17, 15) is 13.6 Å². The molecule has 1 amide bonds. The molecule has 1 saturated heterocycles. The van der Waals surface area contributed by atoms with Crippen molar-refractivity contribution in [2.24, 2.45) is 0 Å². The largest absolute Gasteiger partial charge is 0.465 e. The van der Waals surface area contributed by atoms with Crippen molar-refractivity contribution in [1.29, 1.82) is 0 Å². The molecule has 1 N–H and O–H groups in total. The summed E-state index contributed by atoms with van der Waals surface area (Å²) in [6.07, 6.45) is -2.20. The number of aromatic amines is 1. The molecule has 0 bridgehead atoms. The van der Waals surface area contributed by atoms with Gasteiger partial charge in [0, 0.05) is 18.2 Å². The first kappa shape index (κ1) is 22.0. The van der Waals surface area contributed by atoms with Gasteiger partial charge in [0.15, 0.2) is 6.10 Å². The molecule has 1 aliphatic heterocycles. The number of fused-ring (bicyclic) bond motifs is 1. The Morgan fingerprint density at radius 1 is 1.25 bits per heavy atom. The number of carbonyl (C=O) groups is 1. The molecule has 2 heterocycles. The number of hydrogen-bond acceptors (Lipinski definition) is 5. The van der Waals surface area contributed by atoms with Crippen molar-refractivity contribution in [3.8, 4) is 5.88 Å². The average molecular weight is 445 g/mol. The SMILES string of the molecule is CC(C)(C)OC(=O)N1CCOC(C(Oc2n[nH]c3ccccc23)c2ccc(F)cc2F)C1. The van der Waals surface area contributed by atoms with Crippen LogP contribution in [0.1, 0.15) is 32.4 Å². The van der Waals surface area contributed by atoms with Crippen LogP contribution in [0, 0.1) is 11.6 Å². The molecule has 1 aromatic heterocycles. The number of halogens is 2. The lowest BCUT2D eigenvalue weighted by molar-refractivity contribution is -0.0849. The number of ether oxygens (including phenoxy) is 3. The van der Waals surface area contributed by atoms with Gasteiger partial charge in [0.05, 0.1) is 24.1 Å². The second kappa shape index (κ2) is 8.74. The summed E-state index contributed by atoms with van der Waals surface area (Å²) in [6, 6.07) is 10.6. The fourth-order valence-electron chi connectivity index (χ4n) is 3.57. The van der Waals surface area contributed by atoms with E-state index in [0.29, 0.717) is 11.9 Å². The highest BCUT2D eigenvalue weighted by molar-refractivity contribution is 5.83. The van der Waals surface area contributed by atoms with E-state index in [1.165, 1.54) is 11.0 Å². The Bertz CT molecular complexity index is 1110. The number of carbonyl (C=O) groups excluding carboxylic acids is 1. The van der Waals surface area contributed by atoms with Crippen LogP contribution in [0.4, 0.5) is 13.6 Å². The van der Waals surface area contributed by atoms with E-state index in [0.717, 1.165) is 17.6 Å².